The molecule has 0 fully saturated rings. The topological polar surface area (TPSA) is 59.1 Å². The summed E-state index contributed by atoms with van der Waals surface area (Å²) in [4.78, 5) is 28.4. The molecule has 0 bridgehead atoms. The molecule has 0 saturated carbocycles. The molecule has 3 rings (SSSR count). The van der Waals surface area contributed by atoms with E-state index in [0.29, 0.717) is 17.1 Å². The minimum absolute atomic E-state index is 0.0678. The molecular formula is C18H15ClN2O2S. The van der Waals surface area contributed by atoms with Gasteiger partial charge < -0.3 is 5.32 Å². The summed E-state index contributed by atoms with van der Waals surface area (Å²) >= 11 is 7.35. The number of Topliss-reactive ketones (excluding diaryl/α,β-unsaturated/α-hetero) is 1. The zero-order valence-corrected chi connectivity index (χ0v) is 14.4. The molecule has 1 aromatic heterocycles. The van der Waals surface area contributed by atoms with Crippen LogP contribution in [0.2, 0.25) is 5.02 Å². The number of benzene rings is 2. The SMILES string of the molecule is O=C(CCC(=O)c1ccc(Cl)cc1)NCc1nc2ccccc2s1. The van der Waals surface area contributed by atoms with Gasteiger partial charge in [0.1, 0.15) is 5.01 Å². The largest absolute Gasteiger partial charge is 0.350 e. The van der Waals surface area contributed by atoms with Gasteiger partial charge in [-0.15, -0.1) is 11.3 Å². The molecule has 1 amide bonds. The first-order valence-electron chi connectivity index (χ1n) is 7.52. The van der Waals surface area contributed by atoms with Gasteiger partial charge in [0, 0.05) is 23.4 Å². The van der Waals surface area contributed by atoms with Crippen molar-refractivity contribution in [2.75, 3.05) is 0 Å². The molecule has 6 heteroatoms. The van der Waals surface area contributed by atoms with E-state index in [9.17, 15) is 9.59 Å². The lowest BCUT2D eigenvalue weighted by Gasteiger charge is -2.03. The van der Waals surface area contributed by atoms with E-state index in [1.165, 1.54) is 0 Å². The van der Waals surface area contributed by atoms with Crippen molar-refractivity contribution in [1.29, 1.82) is 0 Å². The number of amides is 1. The molecule has 1 heterocycles. The average molecular weight is 359 g/mol. The molecule has 1 N–H and O–H groups in total. The van der Waals surface area contributed by atoms with Crippen molar-refractivity contribution in [3.05, 3.63) is 64.1 Å². The number of para-hydroxylation sites is 1. The van der Waals surface area contributed by atoms with Crippen molar-refractivity contribution in [2.45, 2.75) is 19.4 Å². The van der Waals surface area contributed by atoms with Gasteiger partial charge in [-0.2, -0.15) is 0 Å². The van der Waals surface area contributed by atoms with Crippen LogP contribution in [-0.4, -0.2) is 16.7 Å². The number of thiazole rings is 1. The molecule has 0 spiro atoms. The Kier molecular flexibility index (Phi) is 5.23. The Bertz CT molecular complexity index is 841. The number of nitrogens with one attached hydrogen (secondary N) is 1. The minimum Gasteiger partial charge on any atom is -0.350 e. The van der Waals surface area contributed by atoms with E-state index in [-0.39, 0.29) is 24.5 Å². The van der Waals surface area contributed by atoms with E-state index < -0.39 is 0 Å². The highest BCUT2D eigenvalue weighted by Crippen LogP contribution is 2.21. The highest BCUT2D eigenvalue weighted by Gasteiger charge is 2.10. The fraction of sp³-hybridized carbons (Fsp3) is 0.167. The van der Waals surface area contributed by atoms with Crippen LogP contribution in [0.3, 0.4) is 0 Å². The van der Waals surface area contributed by atoms with Gasteiger partial charge in [0.15, 0.2) is 5.78 Å². The zero-order chi connectivity index (χ0) is 16.9. The van der Waals surface area contributed by atoms with Gasteiger partial charge in [0.2, 0.25) is 5.91 Å². The summed E-state index contributed by atoms with van der Waals surface area (Å²) in [5.74, 6) is -0.224. The number of carbonyl (C=O) groups is 2. The third-order valence-corrected chi connectivity index (χ3v) is 4.81. The molecular weight excluding hydrogens is 344 g/mol. The summed E-state index contributed by atoms with van der Waals surface area (Å²) in [6, 6.07) is 14.5. The van der Waals surface area contributed by atoms with Crippen molar-refractivity contribution in [3.63, 3.8) is 0 Å². The number of hydrogen-bond acceptors (Lipinski definition) is 4. The summed E-state index contributed by atoms with van der Waals surface area (Å²) in [5.41, 5.74) is 1.50. The molecule has 0 unspecified atom stereocenters. The number of fused-ring (bicyclic) bond motifs is 1. The summed E-state index contributed by atoms with van der Waals surface area (Å²) in [6.45, 7) is 0.382. The maximum absolute atomic E-state index is 12.0. The van der Waals surface area contributed by atoms with Gasteiger partial charge in [-0.3, -0.25) is 9.59 Å². The lowest BCUT2D eigenvalue weighted by Crippen LogP contribution is -2.23. The second-order valence-corrected chi connectivity index (χ2v) is 6.83. The molecule has 0 saturated heterocycles. The fourth-order valence-electron chi connectivity index (χ4n) is 2.27. The first kappa shape index (κ1) is 16.6. The summed E-state index contributed by atoms with van der Waals surface area (Å²) < 4.78 is 1.10. The van der Waals surface area contributed by atoms with E-state index >= 15 is 0 Å². The molecule has 24 heavy (non-hydrogen) atoms. The Labute approximate surface area is 148 Å². The van der Waals surface area contributed by atoms with Crippen molar-refractivity contribution in [2.24, 2.45) is 0 Å². The van der Waals surface area contributed by atoms with E-state index in [4.69, 9.17) is 11.6 Å². The Balaban J connectivity index is 1.48. The summed E-state index contributed by atoms with van der Waals surface area (Å²) in [5, 5.41) is 4.25. The average Bonchev–Trinajstić information content (AvgIpc) is 3.01. The van der Waals surface area contributed by atoms with Crippen LogP contribution < -0.4 is 5.32 Å². The fourth-order valence-corrected chi connectivity index (χ4v) is 3.30. The molecule has 3 aromatic rings. The number of rotatable bonds is 6. The molecule has 0 atom stereocenters. The molecule has 0 aliphatic heterocycles. The molecule has 0 radical (unpaired) electrons. The molecule has 122 valence electrons. The lowest BCUT2D eigenvalue weighted by atomic mass is 10.1. The quantitative estimate of drug-likeness (QED) is 0.671. The number of carbonyl (C=O) groups excluding carboxylic acids is 2. The Morgan fingerprint density at radius 2 is 1.79 bits per heavy atom. The molecule has 0 aliphatic carbocycles. The van der Waals surface area contributed by atoms with Crippen LogP contribution in [-0.2, 0) is 11.3 Å². The number of halogens is 1. The maximum Gasteiger partial charge on any atom is 0.220 e. The second kappa shape index (κ2) is 7.55. The van der Waals surface area contributed by atoms with Gasteiger partial charge in [-0.1, -0.05) is 23.7 Å². The van der Waals surface area contributed by atoms with Gasteiger partial charge in [-0.05, 0) is 36.4 Å². The number of ketones is 1. The predicted molar refractivity (Wildman–Crippen MR) is 96.5 cm³/mol. The summed E-state index contributed by atoms with van der Waals surface area (Å²) in [6.07, 6.45) is 0.333. The first-order chi connectivity index (χ1) is 11.6. The van der Waals surface area contributed by atoms with E-state index in [2.05, 4.69) is 10.3 Å². The van der Waals surface area contributed by atoms with Crippen molar-refractivity contribution in [1.82, 2.24) is 10.3 Å². The predicted octanol–water partition coefficient (Wildman–Crippen LogP) is 4.23. The number of nitrogens with zero attached hydrogens (tertiary/aromatic N) is 1. The van der Waals surface area contributed by atoms with Crippen molar-refractivity contribution >= 4 is 44.8 Å². The maximum atomic E-state index is 12.0. The van der Waals surface area contributed by atoms with Gasteiger partial charge >= 0.3 is 0 Å². The third-order valence-electron chi connectivity index (χ3n) is 3.52. The van der Waals surface area contributed by atoms with Crippen LogP contribution in [0.5, 0.6) is 0 Å². The number of aromatic nitrogens is 1. The van der Waals surface area contributed by atoms with Crippen LogP contribution in [0.15, 0.2) is 48.5 Å². The monoisotopic (exact) mass is 358 g/mol. The Morgan fingerprint density at radius 1 is 1.04 bits per heavy atom. The van der Waals surface area contributed by atoms with Crippen LogP contribution >= 0.6 is 22.9 Å². The van der Waals surface area contributed by atoms with Crippen molar-refractivity contribution < 1.29 is 9.59 Å². The Hall–Kier alpha value is -2.24. The normalized spacial score (nSPS) is 10.7. The molecule has 0 aliphatic rings. The van der Waals surface area contributed by atoms with Crippen LogP contribution in [0.1, 0.15) is 28.2 Å². The highest BCUT2D eigenvalue weighted by atomic mass is 35.5. The summed E-state index contributed by atoms with van der Waals surface area (Å²) in [7, 11) is 0. The van der Waals surface area contributed by atoms with Gasteiger partial charge in [0.25, 0.3) is 0 Å². The standard InChI is InChI=1S/C18H15ClN2O2S/c19-13-7-5-12(6-8-13)15(22)9-10-17(23)20-11-18-21-14-3-1-2-4-16(14)24-18/h1-8H,9-11H2,(H,20,23). The third kappa shape index (κ3) is 4.19. The first-order valence-corrected chi connectivity index (χ1v) is 8.71. The second-order valence-electron chi connectivity index (χ2n) is 5.28. The van der Waals surface area contributed by atoms with E-state index in [1.54, 1.807) is 35.6 Å². The van der Waals surface area contributed by atoms with E-state index in [0.717, 1.165) is 15.2 Å². The molecule has 4 nitrogen and oxygen atoms in total. The Morgan fingerprint density at radius 3 is 2.54 bits per heavy atom. The minimum atomic E-state index is -0.156. The van der Waals surface area contributed by atoms with Gasteiger partial charge in [0.05, 0.1) is 16.8 Å². The molecule has 2 aromatic carbocycles. The van der Waals surface area contributed by atoms with Crippen LogP contribution in [0.4, 0.5) is 0 Å². The van der Waals surface area contributed by atoms with Crippen LogP contribution in [0.25, 0.3) is 10.2 Å². The zero-order valence-electron chi connectivity index (χ0n) is 12.8. The van der Waals surface area contributed by atoms with Crippen LogP contribution in [0, 0.1) is 0 Å². The lowest BCUT2D eigenvalue weighted by molar-refractivity contribution is -0.121. The van der Waals surface area contributed by atoms with Gasteiger partial charge in [-0.25, -0.2) is 4.98 Å². The van der Waals surface area contributed by atoms with Crippen molar-refractivity contribution in [3.8, 4) is 0 Å². The number of hydrogen-bond donors (Lipinski definition) is 1. The van der Waals surface area contributed by atoms with E-state index in [1.807, 2.05) is 24.3 Å². The smallest absolute Gasteiger partial charge is 0.220 e. The highest BCUT2D eigenvalue weighted by molar-refractivity contribution is 7.18.